The molecule has 2 aromatic heterocycles. The topological polar surface area (TPSA) is 80.0 Å². The molecule has 0 saturated heterocycles. The molecule has 0 radical (unpaired) electrons. The van der Waals surface area contributed by atoms with E-state index >= 15 is 0 Å². The van der Waals surface area contributed by atoms with Crippen molar-refractivity contribution in [1.29, 1.82) is 0 Å². The zero-order chi connectivity index (χ0) is 15.7. The van der Waals surface area contributed by atoms with Crippen molar-refractivity contribution < 1.29 is 9.21 Å². The number of aryl methyl sites for hydroxylation is 3. The van der Waals surface area contributed by atoms with Gasteiger partial charge in [-0.3, -0.25) is 0 Å². The fraction of sp³-hybridized carbons (Fsp3) is 0.533. The third-order valence-electron chi connectivity index (χ3n) is 3.76. The molecule has 1 unspecified atom stereocenters. The Kier molecular flexibility index (Phi) is 4.15. The van der Waals surface area contributed by atoms with E-state index in [1.165, 1.54) is 0 Å². The summed E-state index contributed by atoms with van der Waals surface area (Å²) in [4.78, 5) is 20.9. The predicted molar refractivity (Wildman–Crippen MR) is 83.7 cm³/mol. The maximum atomic E-state index is 12.1. The van der Waals surface area contributed by atoms with Crippen molar-refractivity contribution in [2.45, 2.75) is 46.2 Å². The fourth-order valence-electron chi connectivity index (χ4n) is 2.29. The fourth-order valence-corrected chi connectivity index (χ4v) is 3.23. The van der Waals surface area contributed by atoms with E-state index < -0.39 is 0 Å². The van der Waals surface area contributed by atoms with Crippen LogP contribution in [0.4, 0.5) is 4.79 Å². The molecular formula is C15H20N4O2S. The molecule has 1 aliphatic rings. The Morgan fingerprint density at radius 1 is 1.41 bits per heavy atom. The third kappa shape index (κ3) is 3.47. The van der Waals surface area contributed by atoms with Crippen LogP contribution >= 0.6 is 11.3 Å². The highest BCUT2D eigenvalue weighted by atomic mass is 32.1. The third-order valence-corrected chi connectivity index (χ3v) is 4.80. The first-order chi connectivity index (χ1) is 10.5. The average Bonchev–Trinajstić information content (AvgIpc) is 3.15. The lowest BCUT2D eigenvalue weighted by Gasteiger charge is -2.16. The first-order valence-corrected chi connectivity index (χ1v) is 8.30. The molecule has 1 fully saturated rings. The zero-order valence-corrected chi connectivity index (χ0v) is 13.8. The Morgan fingerprint density at radius 3 is 2.73 bits per heavy atom. The lowest BCUT2D eigenvalue weighted by atomic mass is 10.2. The van der Waals surface area contributed by atoms with E-state index in [0.29, 0.717) is 11.8 Å². The predicted octanol–water partition coefficient (Wildman–Crippen LogP) is 3.01. The van der Waals surface area contributed by atoms with E-state index in [0.717, 1.165) is 35.0 Å². The minimum absolute atomic E-state index is 0.00623. The number of oxazole rings is 1. The molecule has 0 spiro atoms. The molecule has 7 heteroatoms. The molecule has 2 N–H and O–H groups in total. The summed E-state index contributed by atoms with van der Waals surface area (Å²) in [7, 11) is 0. The summed E-state index contributed by atoms with van der Waals surface area (Å²) in [6, 6.07) is -0.204. The van der Waals surface area contributed by atoms with Crippen molar-refractivity contribution >= 4 is 17.4 Å². The van der Waals surface area contributed by atoms with Crippen LogP contribution in [0.15, 0.2) is 9.80 Å². The summed E-state index contributed by atoms with van der Waals surface area (Å²) in [5, 5.41) is 8.83. The zero-order valence-electron chi connectivity index (χ0n) is 13.0. The molecule has 3 rings (SSSR count). The molecule has 6 nitrogen and oxygen atoms in total. The summed E-state index contributed by atoms with van der Waals surface area (Å²) in [6.07, 6.45) is 2.28. The summed E-state index contributed by atoms with van der Waals surface area (Å²) in [6.45, 7) is 6.00. The number of hydrogen-bond acceptors (Lipinski definition) is 5. The second-order valence-electron chi connectivity index (χ2n) is 5.72. The molecule has 118 valence electrons. The Labute approximate surface area is 133 Å². The maximum Gasteiger partial charge on any atom is 0.315 e. The summed E-state index contributed by atoms with van der Waals surface area (Å²) < 4.78 is 5.45. The van der Waals surface area contributed by atoms with E-state index in [2.05, 4.69) is 20.6 Å². The number of thiazole rings is 1. The number of carbonyl (C=O) groups is 1. The smallest absolute Gasteiger partial charge is 0.315 e. The van der Waals surface area contributed by atoms with E-state index in [1.807, 2.05) is 26.2 Å². The standard InChI is InChI=1S/C15H20N4O2S/c1-8-7-22-14(17-8)13(11-4-5-11)19-15(20)16-6-12-18-9(2)10(3)21-12/h7,11,13H,4-6H2,1-3H3,(H2,16,19,20). The van der Waals surface area contributed by atoms with Crippen molar-refractivity contribution in [1.82, 2.24) is 20.6 Å². The largest absolute Gasteiger partial charge is 0.444 e. The van der Waals surface area contributed by atoms with Crippen LogP contribution < -0.4 is 10.6 Å². The average molecular weight is 320 g/mol. The van der Waals surface area contributed by atoms with Gasteiger partial charge in [-0.2, -0.15) is 0 Å². The number of nitrogens with zero attached hydrogens (tertiary/aromatic N) is 2. The highest BCUT2D eigenvalue weighted by molar-refractivity contribution is 7.09. The molecule has 2 heterocycles. The Morgan fingerprint density at radius 2 is 2.18 bits per heavy atom. The van der Waals surface area contributed by atoms with Crippen molar-refractivity contribution in [3.63, 3.8) is 0 Å². The maximum absolute atomic E-state index is 12.1. The van der Waals surface area contributed by atoms with E-state index in [4.69, 9.17) is 4.42 Å². The van der Waals surface area contributed by atoms with Crippen LogP contribution in [0.5, 0.6) is 0 Å². The van der Waals surface area contributed by atoms with Crippen LogP contribution in [0.25, 0.3) is 0 Å². The quantitative estimate of drug-likeness (QED) is 0.887. The lowest BCUT2D eigenvalue weighted by Crippen LogP contribution is -2.38. The number of hydrogen-bond donors (Lipinski definition) is 2. The molecule has 1 atom stereocenters. The van der Waals surface area contributed by atoms with Crippen LogP contribution in [-0.4, -0.2) is 16.0 Å². The van der Waals surface area contributed by atoms with Gasteiger partial charge in [0.15, 0.2) is 0 Å². The van der Waals surface area contributed by atoms with Gasteiger partial charge in [0.1, 0.15) is 10.8 Å². The molecular weight excluding hydrogens is 300 g/mol. The van der Waals surface area contributed by atoms with Gasteiger partial charge in [-0.15, -0.1) is 11.3 Å². The number of carbonyl (C=O) groups excluding carboxylic acids is 1. The van der Waals surface area contributed by atoms with Gasteiger partial charge in [0.2, 0.25) is 5.89 Å². The van der Waals surface area contributed by atoms with E-state index in [9.17, 15) is 4.79 Å². The van der Waals surface area contributed by atoms with Crippen LogP contribution in [-0.2, 0) is 6.54 Å². The van der Waals surface area contributed by atoms with Crippen LogP contribution in [0.2, 0.25) is 0 Å². The van der Waals surface area contributed by atoms with Crippen molar-refractivity contribution in [2.24, 2.45) is 5.92 Å². The number of rotatable bonds is 5. The molecule has 0 bridgehead atoms. The minimum atomic E-state index is -0.210. The van der Waals surface area contributed by atoms with Crippen molar-refractivity contribution in [3.05, 3.63) is 33.4 Å². The van der Waals surface area contributed by atoms with Crippen LogP contribution in [0.3, 0.4) is 0 Å². The normalized spacial score (nSPS) is 15.6. The Hall–Kier alpha value is -1.89. The molecule has 0 aromatic carbocycles. The van der Waals surface area contributed by atoms with Gasteiger partial charge in [-0.05, 0) is 39.5 Å². The number of urea groups is 1. The molecule has 1 aliphatic carbocycles. The SMILES string of the molecule is Cc1csc(C(NC(=O)NCc2nc(C)c(C)o2)C2CC2)n1. The van der Waals surface area contributed by atoms with Gasteiger partial charge in [0, 0.05) is 11.1 Å². The van der Waals surface area contributed by atoms with E-state index in [-0.39, 0.29) is 18.6 Å². The Bertz CT molecular complexity index is 655. The highest BCUT2D eigenvalue weighted by Gasteiger charge is 2.35. The first kappa shape index (κ1) is 15.0. The second kappa shape index (κ2) is 6.08. The summed E-state index contributed by atoms with van der Waals surface area (Å²) in [5.41, 5.74) is 1.85. The molecule has 2 amide bonds. The van der Waals surface area contributed by atoms with Gasteiger partial charge >= 0.3 is 6.03 Å². The number of aromatic nitrogens is 2. The monoisotopic (exact) mass is 320 g/mol. The van der Waals surface area contributed by atoms with Crippen LogP contribution in [0, 0.1) is 26.7 Å². The summed E-state index contributed by atoms with van der Waals surface area (Å²) in [5.74, 6) is 1.81. The van der Waals surface area contributed by atoms with Gasteiger partial charge in [0.25, 0.3) is 0 Å². The van der Waals surface area contributed by atoms with Crippen LogP contribution in [0.1, 0.15) is 46.9 Å². The second-order valence-corrected chi connectivity index (χ2v) is 6.61. The molecule has 2 aromatic rings. The summed E-state index contributed by atoms with van der Waals surface area (Å²) >= 11 is 1.60. The molecule has 22 heavy (non-hydrogen) atoms. The van der Waals surface area contributed by atoms with Crippen molar-refractivity contribution in [2.75, 3.05) is 0 Å². The Balaban J connectivity index is 1.57. The van der Waals surface area contributed by atoms with E-state index in [1.54, 1.807) is 11.3 Å². The van der Waals surface area contributed by atoms with Gasteiger partial charge in [-0.1, -0.05) is 0 Å². The van der Waals surface area contributed by atoms with Gasteiger partial charge in [0.05, 0.1) is 18.3 Å². The molecule has 0 aliphatic heterocycles. The highest BCUT2D eigenvalue weighted by Crippen LogP contribution is 2.41. The minimum Gasteiger partial charge on any atom is -0.444 e. The number of amides is 2. The van der Waals surface area contributed by atoms with Gasteiger partial charge < -0.3 is 15.1 Å². The lowest BCUT2D eigenvalue weighted by molar-refractivity contribution is 0.233. The van der Waals surface area contributed by atoms with Crippen molar-refractivity contribution in [3.8, 4) is 0 Å². The van der Waals surface area contributed by atoms with Gasteiger partial charge in [-0.25, -0.2) is 14.8 Å². The first-order valence-electron chi connectivity index (χ1n) is 7.42. The number of nitrogens with one attached hydrogen (secondary N) is 2. The molecule has 1 saturated carbocycles.